The van der Waals surface area contributed by atoms with Crippen molar-refractivity contribution in [1.29, 1.82) is 0 Å². The summed E-state index contributed by atoms with van der Waals surface area (Å²) >= 11 is 0. The van der Waals surface area contributed by atoms with E-state index in [1.807, 2.05) is 0 Å². The average molecular weight is 243 g/mol. The number of alkyl halides is 3. The van der Waals surface area contributed by atoms with E-state index in [1.165, 1.54) is 12.1 Å². The van der Waals surface area contributed by atoms with Gasteiger partial charge in [0, 0.05) is 0 Å². The number of hydrogen-bond donors (Lipinski definition) is 1. The molecule has 0 bridgehead atoms. The van der Waals surface area contributed by atoms with Crippen LogP contribution in [0.5, 0.6) is 0 Å². The molecule has 1 heterocycles. The number of benzene rings is 1. The molecule has 90 valence electrons. The van der Waals surface area contributed by atoms with E-state index in [0.29, 0.717) is 5.82 Å². The van der Waals surface area contributed by atoms with Crippen LogP contribution >= 0.6 is 0 Å². The Labute approximate surface area is 93.7 Å². The molecule has 4 nitrogen and oxygen atoms in total. The molecule has 0 amide bonds. The monoisotopic (exact) mass is 243 g/mol. The third kappa shape index (κ3) is 2.22. The van der Waals surface area contributed by atoms with Crippen LogP contribution < -0.4 is 5.69 Å². The summed E-state index contributed by atoms with van der Waals surface area (Å²) in [6, 6.07) is 4.21. The molecule has 0 atom stereocenters. The minimum Gasteiger partial charge on any atom is -0.293 e. The number of nitrogens with zero attached hydrogens (tertiary/aromatic N) is 2. The van der Waals surface area contributed by atoms with E-state index in [0.717, 1.165) is 16.8 Å². The largest absolute Gasteiger partial charge is 0.416 e. The maximum Gasteiger partial charge on any atom is 0.416 e. The number of halogens is 3. The molecule has 0 spiro atoms. The van der Waals surface area contributed by atoms with Gasteiger partial charge in [-0.15, -0.1) is 0 Å². The van der Waals surface area contributed by atoms with Crippen molar-refractivity contribution in [2.45, 2.75) is 13.1 Å². The van der Waals surface area contributed by atoms with Crippen LogP contribution in [0.2, 0.25) is 0 Å². The van der Waals surface area contributed by atoms with E-state index in [4.69, 9.17) is 0 Å². The fourth-order valence-electron chi connectivity index (χ4n) is 1.39. The van der Waals surface area contributed by atoms with Crippen molar-refractivity contribution < 1.29 is 13.2 Å². The first-order chi connectivity index (χ1) is 7.88. The molecule has 2 aromatic rings. The second-order valence-electron chi connectivity index (χ2n) is 3.47. The number of hydrogen-bond acceptors (Lipinski definition) is 2. The summed E-state index contributed by atoms with van der Waals surface area (Å²) in [7, 11) is 0. The van der Waals surface area contributed by atoms with Crippen molar-refractivity contribution in [3.63, 3.8) is 0 Å². The quantitative estimate of drug-likeness (QED) is 0.831. The van der Waals surface area contributed by atoms with Crippen molar-refractivity contribution >= 4 is 0 Å². The minimum absolute atomic E-state index is 0.285. The first-order valence-corrected chi connectivity index (χ1v) is 4.71. The molecule has 0 radical (unpaired) electrons. The number of nitrogens with one attached hydrogen (secondary N) is 1. The molecule has 1 N–H and O–H groups in total. The van der Waals surface area contributed by atoms with Crippen LogP contribution in [0.15, 0.2) is 29.1 Å². The standard InChI is InChI=1S/C10H8F3N3O/c1-6-14-9(17)16(15-6)8-4-2-7(3-5-8)10(11,12)13/h2-5H,1H3,(H,14,15,17). The number of H-pyrrole nitrogens is 1. The third-order valence-corrected chi connectivity index (χ3v) is 2.17. The van der Waals surface area contributed by atoms with Crippen molar-refractivity contribution in [3.05, 3.63) is 46.1 Å². The van der Waals surface area contributed by atoms with E-state index in [9.17, 15) is 18.0 Å². The number of aryl methyl sites for hydroxylation is 1. The van der Waals surface area contributed by atoms with Crippen molar-refractivity contribution in [2.75, 3.05) is 0 Å². The highest BCUT2D eigenvalue weighted by Gasteiger charge is 2.30. The topological polar surface area (TPSA) is 50.7 Å². The Bertz CT molecular complexity index is 580. The lowest BCUT2D eigenvalue weighted by Gasteiger charge is -2.06. The number of aromatic nitrogens is 3. The van der Waals surface area contributed by atoms with Crippen LogP contribution in [0.25, 0.3) is 5.69 Å². The van der Waals surface area contributed by atoms with E-state index in [-0.39, 0.29) is 5.69 Å². The van der Waals surface area contributed by atoms with Gasteiger partial charge in [0.05, 0.1) is 11.3 Å². The van der Waals surface area contributed by atoms with Gasteiger partial charge in [0.1, 0.15) is 5.82 Å². The molecule has 17 heavy (non-hydrogen) atoms. The van der Waals surface area contributed by atoms with Crippen molar-refractivity contribution in [1.82, 2.24) is 14.8 Å². The van der Waals surface area contributed by atoms with Crippen LogP contribution in [-0.2, 0) is 6.18 Å². The lowest BCUT2D eigenvalue weighted by atomic mass is 10.2. The summed E-state index contributed by atoms with van der Waals surface area (Å²) in [6.45, 7) is 1.59. The molecule has 0 fully saturated rings. The predicted molar refractivity (Wildman–Crippen MR) is 53.9 cm³/mol. The van der Waals surface area contributed by atoms with E-state index in [1.54, 1.807) is 6.92 Å². The van der Waals surface area contributed by atoms with Gasteiger partial charge in [-0.1, -0.05) is 0 Å². The maximum absolute atomic E-state index is 12.3. The average Bonchev–Trinajstić information content (AvgIpc) is 2.57. The maximum atomic E-state index is 12.3. The Morgan fingerprint density at radius 2 is 1.82 bits per heavy atom. The lowest BCUT2D eigenvalue weighted by molar-refractivity contribution is -0.137. The van der Waals surface area contributed by atoms with Crippen LogP contribution in [0.4, 0.5) is 13.2 Å². The third-order valence-electron chi connectivity index (χ3n) is 2.17. The molecule has 0 aliphatic carbocycles. The smallest absolute Gasteiger partial charge is 0.293 e. The second-order valence-corrected chi connectivity index (χ2v) is 3.47. The zero-order valence-corrected chi connectivity index (χ0v) is 8.75. The summed E-state index contributed by atoms with van der Waals surface area (Å²) in [6.07, 6.45) is -4.38. The van der Waals surface area contributed by atoms with Gasteiger partial charge < -0.3 is 0 Å². The Morgan fingerprint density at radius 1 is 1.24 bits per heavy atom. The molecule has 1 aromatic heterocycles. The van der Waals surface area contributed by atoms with Crippen LogP contribution in [0.3, 0.4) is 0 Å². The Morgan fingerprint density at radius 3 is 2.24 bits per heavy atom. The molecule has 0 aliphatic rings. The van der Waals surface area contributed by atoms with Gasteiger partial charge in [0.15, 0.2) is 0 Å². The first kappa shape index (κ1) is 11.4. The second kappa shape index (κ2) is 3.76. The van der Waals surface area contributed by atoms with Gasteiger partial charge in [-0.2, -0.15) is 23.0 Å². The summed E-state index contributed by atoms with van der Waals surface area (Å²) in [5.74, 6) is 0.398. The summed E-state index contributed by atoms with van der Waals surface area (Å²) in [5, 5.41) is 3.84. The number of aromatic amines is 1. The molecule has 0 saturated heterocycles. The molecule has 7 heteroatoms. The highest BCUT2D eigenvalue weighted by molar-refractivity contribution is 5.34. The zero-order chi connectivity index (χ0) is 12.6. The molecule has 0 unspecified atom stereocenters. The van der Waals surface area contributed by atoms with Gasteiger partial charge in [-0.05, 0) is 31.2 Å². The SMILES string of the molecule is Cc1nn(-c2ccc(C(F)(F)F)cc2)c(=O)[nH]1. The highest BCUT2D eigenvalue weighted by Crippen LogP contribution is 2.29. The van der Waals surface area contributed by atoms with Crippen molar-refractivity contribution in [2.24, 2.45) is 0 Å². The fourth-order valence-corrected chi connectivity index (χ4v) is 1.39. The van der Waals surface area contributed by atoms with Gasteiger partial charge in [-0.25, -0.2) is 4.79 Å². The molecular weight excluding hydrogens is 235 g/mol. The zero-order valence-electron chi connectivity index (χ0n) is 8.75. The fraction of sp³-hybridized carbons (Fsp3) is 0.200. The van der Waals surface area contributed by atoms with Gasteiger partial charge in [0.25, 0.3) is 0 Å². The molecular formula is C10H8F3N3O. The number of rotatable bonds is 1. The van der Waals surface area contributed by atoms with Gasteiger partial charge >= 0.3 is 11.9 Å². The lowest BCUT2D eigenvalue weighted by Crippen LogP contribution is -2.16. The molecule has 1 aromatic carbocycles. The molecule has 2 rings (SSSR count). The van der Waals surface area contributed by atoms with E-state index >= 15 is 0 Å². The van der Waals surface area contributed by atoms with E-state index in [2.05, 4.69) is 10.1 Å². The summed E-state index contributed by atoms with van der Waals surface area (Å²) in [5.41, 5.74) is -0.962. The Kier molecular flexibility index (Phi) is 2.53. The van der Waals surface area contributed by atoms with E-state index < -0.39 is 17.4 Å². The Balaban J connectivity index is 2.43. The van der Waals surface area contributed by atoms with Gasteiger partial charge in [-0.3, -0.25) is 4.98 Å². The van der Waals surface area contributed by atoms with Crippen LogP contribution in [0, 0.1) is 6.92 Å². The van der Waals surface area contributed by atoms with Gasteiger partial charge in [0.2, 0.25) is 0 Å². The van der Waals surface area contributed by atoms with Crippen molar-refractivity contribution in [3.8, 4) is 5.69 Å². The summed E-state index contributed by atoms with van der Waals surface area (Å²) < 4.78 is 38.0. The summed E-state index contributed by atoms with van der Waals surface area (Å²) in [4.78, 5) is 13.8. The predicted octanol–water partition coefficient (Wildman–Crippen LogP) is 1.89. The van der Waals surface area contributed by atoms with Crippen LogP contribution in [-0.4, -0.2) is 14.8 Å². The highest BCUT2D eigenvalue weighted by atomic mass is 19.4. The molecule has 0 aliphatic heterocycles. The first-order valence-electron chi connectivity index (χ1n) is 4.71. The Hall–Kier alpha value is -2.05. The van der Waals surface area contributed by atoms with Crippen LogP contribution in [0.1, 0.15) is 11.4 Å². The normalized spacial score (nSPS) is 11.8. The minimum atomic E-state index is -4.38. The molecule has 0 saturated carbocycles.